The van der Waals surface area contributed by atoms with E-state index in [2.05, 4.69) is 16.0 Å². The molecule has 1 saturated heterocycles. The van der Waals surface area contributed by atoms with Gasteiger partial charge in [-0.3, -0.25) is 4.79 Å². The Bertz CT molecular complexity index is 458. The second kappa shape index (κ2) is 10.7. The van der Waals surface area contributed by atoms with E-state index >= 15 is 0 Å². The van der Waals surface area contributed by atoms with Crippen LogP contribution in [0.4, 0.5) is 4.79 Å². The number of hydrogen-bond donors (Lipinski definition) is 5. The van der Waals surface area contributed by atoms with E-state index in [4.69, 9.17) is 9.47 Å². The Morgan fingerprint density at radius 2 is 1.77 bits per heavy atom. The Morgan fingerprint density at radius 3 is 2.46 bits per heavy atom. The van der Waals surface area contributed by atoms with Crippen LogP contribution >= 0.6 is 0 Å². The summed E-state index contributed by atoms with van der Waals surface area (Å²) < 4.78 is 10.4. The lowest BCUT2D eigenvalue weighted by atomic mass is 9.96. The molecule has 0 aromatic carbocycles. The molecule has 0 aromatic rings. The van der Waals surface area contributed by atoms with Crippen molar-refractivity contribution in [1.82, 2.24) is 16.0 Å². The summed E-state index contributed by atoms with van der Waals surface area (Å²) in [4.78, 5) is 23.8. The largest absolute Gasteiger partial charge is 0.388 e. The molecule has 9 nitrogen and oxygen atoms in total. The van der Waals surface area contributed by atoms with Crippen LogP contribution in [0.5, 0.6) is 0 Å². The van der Waals surface area contributed by atoms with E-state index in [0.717, 1.165) is 25.7 Å². The molecule has 4 unspecified atom stereocenters. The fourth-order valence-electron chi connectivity index (χ4n) is 3.39. The van der Waals surface area contributed by atoms with E-state index < -0.39 is 24.4 Å². The van der Waals surface area contributed by atoms with Crippen molar-refractivity contribution >= 4 is 11.9 Å². The van der Waals surface area contributed by atoms with Crippen LogP contribution in [0.2, 0.25) is 0 Å². The number of ether oxygens (including phenoxy) is 2. The van der Waals surface area contributed by atoms with E-state index in [9.17, 15) is 19.8 Å². The first-order chi connectivity index (χ1) is 12.5. The minimum absolute atomic E-state index is 0.0628. The number of methoxy groups -OCH3 is 1. The summed E-state index contributed by atoms with van der Waals surface area (Å²) in [7, 11) is 1.54. The molecule has 0 radical (unpaired) electrons. The molecule has 2 aliphatic rings. The highest BCUT2D eigenvalue weighted by Crippen LogP contribution is 2.23. The summed E-state index contributed by atoms with van der Waals surface area (Å²) >= 11 is 0. The number of hydrogen-bond acceptors (Lipinski definition) is 6. The first-order valence-corrected chi connectivity index (χ1v) is 9.33. The van der Waals surface area contributed by atoms with E-state index in [0.29, 0.717) is 13.2 Å². The van der Waals surface area contributed by atoms with Gasteiger partial charge in [-0.15, -0.1) is 0 Å². The quantitative estimate of drug-likeness (QED) is 0.357. The summed E-state index contributed by atoms with van der Waals surface area (Å²) in [6, 6.07) is -0.116. The maximum atomic E-state index is 12.0. The maximum Gasteiger partial charge on any atom is 0.315 e. The SMILES string of the molecule is COCCNC(=O)CC1OC(CNC(=O)NC2CCCCC2)C(O)C1O. The lowest BCUT2D eigenvalue weighted by Crippen LogP contribution is -2.47. The van der Waals surface area contributed by atoms with Crippen molar-refractivity contribution in [2.24, 2.45) is 0 Å². The Labute approximate surface area is 153 Å². The van der Waals surface area contributed by atoms with Gasteiger partial charge in [0.15, 0.2) is 0 Å². The van der Waals surface area contributed by atoms with Crippen LogP contribution in [0.3, 0.4) is 0 Å². The van der Waals surface area contributed by atoms with Crippen molar-refractivity contribution in [1.29, 1.82) is 0 Å². The third-order valence-electron chi connectivity index (χ3n) is 4.88. The Kier molecular flexibility index (Phi) is 8.56. The monoisotopic (exact) mass is 373 g/mol. The lowest BCUT2D eigenvalue weighted by molar-refractivity contribution is -0.125. The summed E-state index contributed by atoms with van der Waals surface area (Å²) in [5.41, 5.74) is 0. The summed E-state index contributed by atoms with van der Waals surface area (Å²) in [6.07, 6.45) is 1.47. The molecule has 26 heavy (non-hydrogen) atoms. The predicted molar refractivity (Wildman–Crippen MR) is 93.6 cm³/mol. The van der Waals surface area contributed by atoms with Crippen LogP contribution in [-0.4, -0.2) is 79.4 Å². The number of urea groups is 1. The zero-order valence-corrected chi connectivity index (χ0v) is 15.3. The Morgan fingerprint density at radius 1 is 1.08 bits per heavy atom. The van der Waals surface area contributed by atoms with Gasteiger partial charge in [0.2, 0.25) is 5.91 Å². The highest BCUT2D eigenvalue weighted by molar-refractivity contribution is 5.76. The topological polar surface area (TPSA) is 129 Å². The fourth-order valence-corrected chi connectivity index (χ4v) is 3.39. The molecule has 150 valence electrons. The first-order valence-electron chi connectivity index (χ1n) is 9.33. The number of amides is 3. The highest BCUT2D eigenvalue weighted by atomic mass is 16.5. The Hall–Kier alpha value is -1.42. The van der Waals surface area contributed by atoms with Gasteiger partial charge >= 0.3 is 6.03 Å². The third kappa shape index (κ3) is 6.39. The lowest BCUT2D eigenvalue weighted by Gasteiger charge is -2.23. The van der Waals surface area contributed by atoms with Crippen molar-refractivity contribution < 1.29 is 29.3 Å². The molecule has 1 aliphatic heterocycles. The third-order valence-corrected chi connectivity index (χ3v) is 4.88. The van der Waals surface area contributed by atoms with Crippen LogP contribution in [-0.2, 0) is 14.3 Å². The van der Waals surface area contributed by atoms with Crippen molar-refractivity contribution in [2.45, 2.75) is 69.0 Å². The maximum absolute atomic E-state index is 12.0. The minimum atomic E-state index is -1.17. The van der Waals surface area contributed by atoms with Gasteiger partial charge in [0.05, 0.1) is 19.1 Å². The minimum Gasteiger partial charge on any atom is -0.388 e. The summed E-state index contributed by atoms with van der Waals surface area (Å²) in [6.45, 7) is 0.830. The molecule has 9 heteroatoms. The molecule has 2 rings (SSSR count). The summed E-state index contributed by atoms with van der Waals surface area (Å²) in [5, 5.41) is 28.4. The van der Waals surface area contributed by atoms with Crippen LogP contribution in [0.25, 0.3) is 0 Å². The van der Waals surface area contributed by atoms with Crippen LogP contribution in [0, 0.1) is 0 Å². The zero-order valence-electron chi connectivity index (χ0n) is 15.3. The molecule has 2 fully saturated rings. The van der Waals surface area contributed by atoms with Crippen LogP contribution in [0.15, 0.2) is 0 Å². The predicted octanol–water partition coefficient (Wildman–Crippen LogP) is -0.740. The molecule has 1 aliphatic carbocycles. The zero-order chi connectivity index (χ0) is 18.9. The van der Waals surface area contributed by atoms with Gasteiger partial charge in [-0.05, 0) is 12.8 Å². The van der Waals surface area contributed by atoms with Crippen LogP contribution < -0.4 is 16.0 Å². The highest BCUT2D eigenvalue weighted by Gasteiger charge is 2.43. The van der Waals surface area contributed by atoms with Gasteiger partial charge in [0, 0.05) is 26.2 Å². The van der Waals surface area contributed by atoms with E-state index in [1.54, 1.807) is 0 Å². The van der Waals surface area contributed by atoms with E-state index in [1.165, 1.54) is 13.5 Å². The molecule has 0 bridgehead atoms. The van der Waals surface area contributed by atoms with Crippen molar-refractivity contribution in [3.05, 3.63) is 0 Å². The van der Waals surface area contributed by atoms with Gasteiger partial charge in [0.25, 0.3) is 0 Å². The van der Waals surface area contributed by atoms with Gasteiger partial charge in [-0.1, -0.05) is 19.3 Å². The van der Waals surface area contributed by atoms with Crippen molar-refractivity contribution in [2.75, 3.05) is 26.8 Å². The average molecular weight is 373 g/mol. The average Bonchev–Trinajstić information content (AvgIpc) is 2.89. The number of aliphatic hydroxyl groups excluding tert-OH is 2. The fraction of sp³-hybridized carbons (Fsp3) is 0.882. The van der Waals surface area contributed by atoms with Crippen molar-refractivity contribution in [3.63, 3.8) is 0 Å². The molecular formula is C17H31N3O6. The standard InChI is InChI=1S/C17H31N3O6/c1-25-8-7-18-14(21)9-12-15(22)16(23)13(26-12)10-19-17(24)20-11-5-3-2-4-6-11/h11-13,15-16,22-23H,2-10H2,1H3,(H,18,21)(H2,19,20,24). The van der Waals surface area contributed by atoms with Gasteiger partial charge < -0.3 is 35.6 Å². The number of aliphatic hydroxyl groups is 2. The van der Waals surface area contributed by atoms with Gasteiger partial charge in [0.1, 0.15) is 18.3 Å². The first kappa shape index (κ1) is 20.9. The number of carbonyl (C=O) groups excluding carboxylic acids is 2. The van der Waals surface area contributed by atoms with Crippen LogP contribution in [0.1, 0.15) is 38.5 Å². The van der Waals surface area contributed by atoms with E-state index in [1.807, 2.05) is 0 Å². The second-order valence-electron chi connectivity index (χ2n) is 6.93. The van der Waals surface area contributed by atoms with Gasteiger partial charge in [-0.25, -0.2) is 4.79 Å². The molecule has 1 heterocycles. The summed E-state index contributed by atoms with van der Waals surface area (Å²) in [5.74, 6) is -0.290. The molecular weight excluding hydrogens is 342 g/mol. The van der Waals surface area contributed by atoms with E-state index in [-0.39, 0.29) is 30.9 Å². The van der Waals surface area contributed by atoms with Crippen molar-refractivity contribution in [3.8, 4) is 0 Å². The number of nitrogens with one attached hydrogen (secondary N) is 3. The smallest absolute Gasteiger partial charge is 0.315 e. The van der Waals surface area contributed by atoms with Gasteiger partial charge in [-0.2, -0.15) is 0 Å². The normalized spacial score (nSPS) is 29.3. The number of carbonyl (C=O) groups is 2. The molecule has 3 amide bonds. The Balaban J connectivity index is 1.70. The number of rotatable bonds is 8. The molecule has 5 N–H and O–H groups in total. The second-order valence-corrected chi connectivity index (χ2v) is 6.93. The molecule has 0 aromatic heterocycles. The molecule has 1 saturated carbocycles. The molecule has 0 spiro atoms. The molecule has 4 atom stereocenters.